The Labute approximate surface area is 179 Å². The van der Waals surface area contributed by atoms with Gasteiger partial charge < -0.3 is 9.30 Å². The van der Waals surface area contributed by atoms with Gasteiger partial charge in [-0.1, -0.05) is 49.7 Å². The topological polar surface area (TPSA) is 79.0 Å². The molecule has 3 aliphatic rings. The number of rotatable bonds is 7. The van der Waals surface area contributed by atoms with E-state index in [0.717, 1.165) is 61.6 Å². The fraction of sp³-hybridized carbons (Fsp3) is 0.455. The molecule has 0 saturated heterocycles. The molecule has 0 atom stereocenters. The highest BCUT2D eigenvalue weighted by Crippen LogP contribution is 2.30. The molecule has 0 fully saturated rings. The van der Waals surface area contributed by atoms with Crippen molar-refractivity contribution in [3.05, 3.63) is 46.4 Å². The molecule has 1 aromatic rings. The van der Waals surface area contributed by atoms with Crippen molar-refractivity contribution in [3.63, 3.8) is 0 Å². The molecular weight excluding hydrogens is 400 g/mol. The van der Waals surface area contributed by atoms with Gasteiger partial charge in [-0.25, -0.2) is 4.98 Å². The average Bonchev–Trinajstić information content (AvgIpc) is 2.93. The van der Waals surface area contributed by atoms with Crippen molar-refractivity contribution in [1.82, 2.24) is 19.3 Å². The zero-order valence-corrected chi connectivity index (χ0v) is 18.0. The highest BCUT2D eigenvalue weighted by molar-refractivity contribution is 7.99. The molecule has 8 heteroatoms. The van der Waals surface area contributed by atoms with Crippen LogP contribution >= 0.6 is 11.8 Å². The highest BCUT2D eigenvalue weighted by atomic mass is 32.2. The molecule has 158 valence electrons. The molecule has 0 spiro atoms. The number of unbranched alkanes of at least 4 members (excludes halogenated alkanes) is 1. The van der Waals surface area contributed by atoms with E-state index < -0.39 is 0 Å². The zero-order valence-electron chi connectivity index (χ0n) is 17.2. The minimum Gasteiger partial charge on any atom is -0.465 e. The maximum absolute atomic E-state index is 13.2. The van der Waals surface area contributed by atoms with Crippen molar-refractivity contribution in [2.75, 3.05) is 12.4 Å². The first-order chi connectivity index (χ1) is 14.7. The summed E-state index contributed by atoms with van der Waals surface area (Å²) >= 11 is 1.36. The predicted octanol–water partition coefficient (Wildman–Crippen LogP) is 3.70. The van der Waals surface area contributed by atoms with Gasteiger partial charge in [0.15, 0.2) is 11.0 Å². The molecular formula is C22H26N4O3S. The molecule has 0 radical (unpaired) electrons. The standard InChI is InChI=1S/C22H26N4O3S/c1-2-3-14-29-18(27)15-30-22-23-20-19(17-12-8-5-9-13-25(17)22)21(28)26(24-20)16-10-6-4-7-11-16/h4,6-7,10-11H,2-3,5,8-9,12-15H2,1H3. The average molecular weight is 427 g/mol. The van der Waals surface area contributed by atoms with Crippen LogP contribution in [0.3, 0.4) is 0 Å². The number of esters is 1. The van der Waals surface area contributed by atoms with Gasteiger partial charge in [-0.3, -0.25) is 9.59 Å². The Balaban J connectivity index is 1.71. The maximum Gasteiger partial charge on any atom is 0.316 e. The van der Waals surface area contributed by atoms with Crippen LogP contribution in [-0.4, -0.2) is 37.7 Å². The first-order valence-electron chi connectivity index (χ1n) is 10.6. The summed E-state index contributed by atoms with van der Waals surface area (Å²) in [5, 5.41) is 5.25. The summed E-state index contributed by atoms with van der Waals surface area (Å²) in [6.07, 6.45) is 5.83. The number of hydrogen-bond acceptors (Lipinski definition) is 6. The molecule has 7 nitrogen and oxygen atoms in total. The third-order valence-corrected chi connectivity index (χ3v) is 6.20. The van der Waals surface area contributed by atoms with Crippen LogP contribution in [0.15, 0.2) is 40.3 Å². The molecule has 4 rings (SSSR count). The lowest BCUT2D eigenvalue weighted by Gasteiger charge is -2.17. The number of benzene rings is 1. The van der Waals surface area contributed by atoms with Crippen LogP contribution in [0.2, 0.25) is 0 Å². The first-order valence-corrected chi connectivity index (χ1v) is 11.5. The van der Waals surface area contributed by atoms with E-state index in [9.17, 15) is 9.59 Å². The van der Waals surface area contributed by atoms with Crippen molar-refractivity contribution in [1.29, 1.82) is 0 Å². The number of fused-ring (bicyclic) bond motifs is 3. The van der Waals surface area contributed by atoms with E-state index in [-0.39, 0.29) is 17.3 Å². The highest BCUT2D eigenvalue weighted by Gasteiger charge is 2.27. The summed E-state index contributed by atoms with van der Waals surface area (Å²) in [6.45, 7) is 3.31. The number of para-hydroxylation sites is 1. The zero-order chi connectivity index (χ0) is 20.9. The van der Waals surface area contributed by atoms with Gasteiger partial charge in [0, 0.05) is 12.2 Å². The van der Waals surface area contributed by atoms with E-state index in [0.29, 0.717) is 18.0 Å². The Hall–Kier alpha value is -2.61. The van der Waals surface area contributed by atoms with E-state index in [1.54, 1.807) is 0 Å². The van der Waals surface area contributed by atoms with Crippen LogP contribution < -0.4 is 5.56 Å². The Bertz CT molecular complexity index is 1040. The van der Waals surface area contributed by atoms with Crippen LogP contribution in [0.1, 0.15) is 44.7 Å². The quantitative estimate of drug-likeness (QED) is 0.248. The molecule has 3 aliphatic heterocycles. The van der Waals surface area contributed by atoms with E-state index in [4.69, 9.17) is 9.72 Å². The van der Waals surface area contributed by atoms with E-state index in [1.165, 1.54) is 16.4 Å². The first kappa shape index (κ1) is 20.7. The minimum absolute atomic E-state index is 0.134. The van der Waals surface area contributed by atoms with Crippen LogP contribution in [0, 0.1) is 0 Å². The fourth-order valence-corrected chi connectivity index (χ4v) is 4.54. The summed E-state index contributed by atoms with van der Waals surface area (Å²) in [5.41, 5.74) is 2.16. The summed E-state index contributed by atoms with van der Waals surface area (Å²) in [7, 11) is 0. The SMILES string of the molecule is CCCCOC(=O)CSc1nc2nn(-c3ccccc3)c(=O)c-2c2n1CCCCC2. The summed E-state index contributed by atoms with van der Waals surface area (Å²) in [6, 6.07) is 9.40. The summed E-state index contributed by atoms with van der Waals surface area (Å²) in [4.78, 5) is 30.0. The second-order valence-electron chi connectivity index (χ2n) is 7.42. The minimum atomic E-state index is -0.238. The van der Waals surface area contributed by atoms with Crippen LogP contribution in [0.25, 0.3) is 17.1 Å². The Morgan fingerprint density at radius 3 is 2.83 bits per heavy atom. The lowest BCUT2D eigenvalue weighted by atomic mass is 10.1. The second-order valence-corrected chi connectivity index (χ2v) is 8.36. The molecule has 0 unspecified atom stereocenters. The number of ether oxygens (including phenoxy) is 1. The largest absolute Gasteiger partial charge is 0.465 e. The van der Waals surface area contributed by atoms with Crippen molar-refractivity contribution in [2.24, 2.45) is 0 Å². The van der Waals surface area contributed by atoms with Crippen molar-refractivity contribution in [3.8, 4) is 17.1 Å². The summed E-state index contributed by atoms with van der Waals surface area (Å²) in [5.74, 6) is 0.405. The molecule has 0 aromatic heterocycles. The van der Waals surface area contributed by atoms with Gasteiger partial charge in [0.2, 0.25) is 0 Å². The monoisotopic (exact) mass is 426 g/mol. The van der Waals surface area contributed by atoms with Gasteiger partial charge in [0.1, 0.15) is 5.56 Å². The van der Waals surface area contributed by atoms with Gasteiger partial charge in [-0.15, -0.1) is 5.10 Å². The van der Waals surface area contributed by atoms with Crippen molar-refractivity contribution < 1.29 is 9.53 Å². The normalized spacial score (nSPS) is 13.8. The number of nitrogens with zero attached hydrogens (tertiary/aromatic N) is 4. The Morgan fingerprint density at radius 2 is 2.03 bits per heavy atom. The maximum atomic E-state index is 13.2. The molecule has 0 bridgehead atoms. The lowest BCUT2D eigenvalue weighted by molar-refractivity contribution is -0.140. The fourth-order valence-electron chi connectivity index (χ4n) is 3.70. The molecule has 1 aromatic carbocycles. The number of hydrogen-bond donors (Lipinski definition) is 0. The lowest BCUT2D eigenvalue weighted by Crippen LogP contribution is -2.19. The van der Waals surface area contributed by atoms with Gasteiger partial charge in [-0.2, -0.15) is 4.68 Å². The molecule has 3 heterocycles. The second kappa shape index (κ2) is 9.47. The third kappa shape index (κ3) is 4.28. The van der Waals surface area contributed by atoms with Gasteiger partial charge in [0.25, 0.3) is 5.56 Å². The number of carbonyl (C=O) groups is 1. The van der Waals surface area contributed by atoms with Gasteiger partial charge in [-0.05, 0) is 37.8 Å². The molecule has 0 amide bonds. The smallest absolute Gasteiger partial charge is 0.316 e. The Kier molecular flexibility index (Phi) is 6.52. The van der Waals surface area contributed by atoms with E-state index in [1.807, 2.05) is 30.3 Å². The molecule has 0 N–H and O–H groups in total. The molecule has 0 saturated carbocycles. The van der Waals surface area contributed by atoms with Crippen LogP contribution in [-0.2, 0) is 22.5 Å². The van der Waals surface area contributed by atoms with E-state index in [2.05, 4.69) is 16.6 Å². The van der Waals surface area contributed by atoms with Gasteiger partial charge in [0.05, 0.1) is 18.0 Å². The number of thioether (sulfide) groups is 1. The number of aromatic nitrogens is 4. The van der Waals surface area contributed by atoms with Crippen LogP contribution in [0.4, 0.5) is 0 Å². The van der Waals surface area contributed by atoms with Crippen molar-refractivity contribution in [2.45, 2.75) is 57.1 Å². The van der Waals surface area contributed by atoms with E-state index >= 15 is 0 Å². The number of carbonyl (C=O) groups excluding carboxylic acids is 1. The predicted molar refractivity (Wildman–Crippen MR) is 116 cm³/mol. The third-order valence-electron chi connectivity index (χ3n) is 5.25. The summed E-state index contributed by atoms with van der Waals surface area (Å²) < 4.78 is 8.81. The van der Waals surface area contributed by atoms with Gasteiger partial charge >= 0.3 is 5.97 Å². The molecule has 30 heavy (non-hydrogen) atoms. The van der Waals surface area contributed by atoms with Crippen molar-refractivity contribution >= 4 is 17.7 Å². The Morgan fingerprint density at radius 1 is 1.20 bits per heavy atom. The molecule has 0 aliphatic carbocycles. The van der Waals surface area contributed by atoms with Crippen LogP contribution in [0.5, 0.6) is 0 Å².